The Labute approximate surface area is 184 Å². The van der Waals surface area contributed by atoms with Gasteiger partial charge in [0.1, 0.15) is 0 Å². The lowest BCUT2D eigenvalue weighted by molar-refractivity contribution is -0.385. The summed E-state index contributed by atoms with van der Waals surface area (Å²) in [6.07, 6.45) is 0.377. The van der Waals surface area contributed by atoms with Crippen LogP contribution < -0.4 is 5.32 Å². The fourth-order valence-corrected chi connectivity index (χ4v) is 4.01. The predicted molar refractivity (Wildman–Crippen MR) is 124 cm³/mol. The molecular weight excluding hydrogens is 408 g/mol. The fraction of sp³-hybridized carbons (Fsp3) is 0.208. The Balaban J connectivity index is 1.89. The summed E-state index contributed by atoms with van der Waals surface area (Å²) in [7, 11) is 0. The van der Waals surface area contributed by atoms with Gasteiger partial charge in [0.2, 0.25) is 0 Å². The lowest BCUT2D eigenvalue weighted by Crippen LogP contribution is -2.34. The van der Waals surface area contributed by atoms with Gasteiger partial charge in [-0.2, -0.15) is 0 Å². The van der Waals surface area contributed by atoms with Crippen molar-refractivity contribution in [1.29, 1.82) is 0 Å². The molecule has 0 spiro atoms. The van der Waals surface area contributed by atoms with E-state index >= 15 is 0 Å². The van der Waals surface area contributed by atoms with Crippen molar-refractivity contribution in [1.82, 2.24) is 0 Å². The van der Waals surface area contributed by atoms with E-state index in [1.165, 1.54) is 0 Å². The molecule has 3 aromatic rings. The van der Waals surface area contributed by atoms with Crippen molar-refractivity contribution in [2.75, 3.05) is 5.32 Å². The van der Waals surface area contributed by atoms with Gasteiger partial charge in [-0.3, -0.25) is 25.2 Å². The number of aliphatic imine (C=N–C) groups is 1. The van der Waals surface area contributed by atoms with Gasteiger partial charge in [-0.25, -0.2) is 0 Å². The molecule has 1 aliphatic rings. The minimum atomic E-state index is -0.733. The van der Waals surface area contributed by atoms with Gasteiger partial charge in [0.05, 0.1) is 32.5 Å². The molecule has 0 amide bonds. The van der Waals surface area contributed by atoms with Crippen molar-refractivity contribution in [2.45, 2.75) is 32.7 Å². The Morgan fingerprint density at radius 3 is 2.22 bits per heavy atom. The van der Waals surface area contributed by atoms with Crippen molar-refractivity contribution in [3.8, 4) is 0 Å². The first-order chi connectivity index (χ1) is 15.2. The van der Waals surface area contributed by atoms with E-state index in [9.17, 15) is 20.2 Å². The third kappa shape index (κ3) is 3.82. The average molecular weight is 430 g/mol. The molecule has 4 rings (SSSR count). The molecule has 0 fully saturated rings. The number of hydrogen-bond donors (Lipinski definition) is 1. The summed E-state index contributed by atoms with van der Waals surface area (Å²) in [6, 6.07) is 17.8. The highest BCUT2D eigenvalue weighted by Crippen LogP contribution is 2.40. The highest BCUT2D eigenvalue weighted by atomic mass is 16.6. The van der Waals surface area contributed by atoms with E-state index in [0.717, 1.165) is 11.3 Å². The van der Waals surface area contributed by atoms with Crippen LogP contribution >= 0.6 is 0 Å². The average Bonchev–Trinajstić information content (AvgIpc) is 2.90. The Hall–Kier alpha value is -4.07. The van der Waals surface area contributed by atoms with E-state index in [0.29, 0.717) is 34.5 Å². The lowest BCUT2D eigenvalue weighted by atomic mass is 9.84. The van der Waals surface area contributed by atoms with Gasteiger partial charge in [-0.1, -0.05) is 36.4 Å². The van der Waals surface area contributed by atoms with E-state index in [1.54, 1.807) is 38.1 Å². The third-order valence-corrected chi connectivity index (χ3v) is 5.87. The smallest absolute Gasteiger partial charge is 0.272 e. The van der Waals surface area contributed by atoms with Gasteiger partial charge in [0.25, 0.3) is 11.4 Å². The molecule has 0 saturated carbocycles. The topological polar surface area (TPSA) is 111 Å². The van der Waals surface area contributed by atoms with E-state index in [2.05, 4.69) is 5.32 Å². The molecular formula is C24H22N4O4. The molecule has 1 N–H and O–H groups in total. The van der Waals surface area contributed by atoms with Gasteiger partial charge < -0.3 is 5.32 Å². The van der Waals surface area contributed by atoms with Crippen LogP contribution in [0.3, 0.4) is 0 Å². The van der Waals surface area contributed by atoms with Crippen molar-refractivity contribution in [3.63, 3.8) is 0 Å². The van der Waals surface area contributed by atoms with Crippen molar-refractivity contribution >= 4 is 28.5 Å². The number of para-hydroxylation sites is 2. The van der Waals surface area contributed by atoms with Gasteiger partial charge >= 0.3 is 0 Å². The first-order valence-corrected chi connectivity index (χ1v) is 10.1. The maximum atomic E-state index is 11.5. The maximum absolute atomic E-state index is 11.5. The SMILES string of the molecule is Cc1ccc(C2=Nc3ccccc3NC(C)(c3ccc(C)c([N+](=O)[O-])c3)C2)cc1[N+](=O)[O-]. The molecule has 0 saturated heterocycles. The van der Waals surface area contributed by atoms with Crippen molar-refractivity contribution in [3.05, 3.63) is 103 Å². The Morgan fingerprint density at radius 1 is 0.906 bits per heavy atom. The number of nitro benzene ring substituents is 2. The molecule has 0 aromatic heterocycles. The number of aryl methyl sites for hydroxylation is 2. The number of hydrogen-bond acceptors (Lipinski definition) is 6. The molecule has 1 heterocycles. The Kier molecular flexibility index (Phi) is 5.22. The number of rotatable bonds is 4. The summed E-state index contributed by atoms with van der Waals surface area (Å²) in [4.78, 5) is 27.1. The number of nitro groups is 2. The van der Waals surface area contributed by atoms with Gasteiger partial charge in [-0.15, -0.1) is 0 Å². The zero-order chi connectivity index (χ0) is 23.0. The van der Waals surface area contributed by atoms with E-state index in [1.807, 2.05) is 43.3 Å². The highest BCUT2D eigenvalue weighted by Gasteiger charge is 2.34. The number of anilines is 1. The normalized spacial score (nSPS) is 17.5. The molecule has 8 heteroatoms. The summed E-state index contributed by atoms with van der Waals surface area (Å²) in [5, 5.41) is 26.6. The second-order valence-electron chi connectivity index (χ2n) is 8.23. The summed E-state index contributed by atoms with van der Waals surface area (Å²) in [6.45, 7) is 5.36. The van der Waals surface area contributed by atoms with Crippen LogP contribution in [0.4, 0.5) is 22.7 Å². The van der Waals surface area contributed by atoms with Gasteiger partial charge in [-0.05, 0) is 38.5 Å². The largest absolute Gasteiger partial charge is 0.374 e. The van der Waals surface area contributed by atoms with Crippen LogP contribution in [0.1, 0.15) is 35.6 Å². The minimum Gasteiger partial charge on any atom is -0.374 e. The van der Waals surface area contributed by atoms with E-state index in [4.69, 9.17) is 4.99 Å². The summed E-state index contributed by atoms with van der Waals surface area (Å²) in [5.74, 6) is 0. The zero-order valence-electron chi connectivity index (χ0n) is 18.0. The molecule has 1 unspecified atom stereocenters. The lowest BCUT2D eigenvalue weighted by Gasteiger charge is -2.32. The summed E-state index contributed by atoms with van der Waals surface area (Å²) in [5.41, 5.74) is 4.04. The zero-order valence-corrected chi connectivity index (χ0v) is 18.0. The second kappa shape index (κ2) is 7.88. The Morgan fingerprint density at radius 2 is 1.53 bits per heavy atom. The number of fused-ring (bicyclic) bond motifs is 1. The summed E-state index contributed by atoms with van der Waals surface area (Å²) < 4.78 is 0. The van der Waals surface area contributed by atoms with Gasteiger partial charge in [0.15, 0.2) is 0 Å². The number of benzene rings is 3. The van der Waals surface area contributed by atoms with Crippen LogP contribution in [0.15, 0.2) is 65.7 Å². The predicted octanol–water partition coefficient (Wildman–Crippen LogP) is 5.97. The quantitative estimate of drug-likeness (QED) is 0.405. The molecule has 32 heavy (non-hydrogen) atoms. The minimum absolute atomic E-state index is 0.0309. The highest BCUT2D eigenvalue weighted by molar-refractivity contribution is 6.05. The fourth-order valence-electron chi connectivity index (χ4n) is 4.01. The maximum Gasteiger partial charge on any atom is 0.272 e. The molecule has 0 radical (unpaired) electrons. The monoisotopic (exact) mass is 430 g/mol. The third-order valence-electron chi connectivity index (χ3n) is 5.87. The van der Waals surface area contributed by atoms with Crippen molar-refractivity contribution < 1.29 is 9.85 Å². The molecule has 1 atom stereocenters. The molecule has 3 aromatic carbocycles. The Bertz CT molecular complexity index is 1280. The second-order valence-corrected chi connectivity index (χ2v) is 8.23. The molecule has 162 valence electrons. The number of nitrogens with zero attached hydrogens (tertiary/aromatic N) is 3. The van der Waals surface area contributed by atoms with Gasteiger partial charge in [0, 0.05) is 35.2 Å². The molecule has 0 bridgehead atoms. The molecule has 1 aliphatic heterocycles. The van der Waals surface area contributed by atoms with Crippen LogP contribution in [0.5, 0.6) is 0 Å². The summed E-state index contributed by atoms with van der Waals surface area (Å²) >= 11 is 0. The van der Waals surface area contributed by atoms with Crippen LogP contribution in [0, 0.1) is 34.1 Å². The first-order valence-electron chi connectivity index (χ1n) is 10.1. The number of nitrogens with one attached hydrogen (secondary N) is 1. The molecule has 8 nitrogen and oxygen atoms in total. The first kappa shape index (κ1) is 21.2. The van der Waals surface area contributed by atoms with E-state index < -0.39 is 10.5 Å². The van der Waals surface area contributed by atoms with Crippen LogP contribution in [0.25, 0.3) is 0 Å². The van der Waals surface area contributed by atoms with E-state index in [-0.39, 0.29) is 16.3 Å². The van der Waals surface area contributed by atoms with Crippen LogP contribution in [-0.2, 0) is 5.54 Å². The van der Waals surface area contributed by atoms with Crippen LogP contribution in [-0.4, -0.2) is 15.6 Å². The van der Waals surface area contributed by atoms with Crippen LogP contribution in [0.2, 0.25) is 0 Å². The standard InChI is InChI=1S/C24H22N4O4/c1-15-8-10-17(12-22(15)27(29)30)21-14-24(3,26-20-7-5-4-6-19(20)25-21)18-11-9-16(2)23(13-18)28(31)32/h4-13,26H,14H2,1-3H3. The van der Waals surface area contributed by atoms with Crippen molar-refractivity contribution in [2.24, 2.45) is 4.99 Å². The molecule has 0 aliphatic carbocycles.